The molecular formula is C13H18FNO2. The molecular weight excluding hydrogens is 221 g/mol. The van der Waals surface area contributed by atoms with E-state index in [1.54, 1.807) is 12.1 Å². The fourth-order valence-corrected chi connectivity index (χ4v) is 1.46. The molecule has 3 nitrogen and oxygen atoms in total. The number of nitrogens with one attached hydrogen (secondary N) is 1. The fourth-order valence-electron chi connectivity index (χ4n) is 1.46. The zero-order chi connectivity index (χ0) is 12.8. The van der Waals surface area contributed by atoms with E-state index in [0.29, 0.717) is 18.0 Å². The highest BCUT2D eigenvalue weighted by Crippen LogP contribution is 2.15. The van der Waals surface area contributed by atoms with Gasteiger partial charge in [0, 0.05) is 0 Å². The third-order valence-electron chi connectivity index (χ3n) is 2.37. The maximum absolute atomic E-state index is 12.8. The molecule has 1 aromatic rings. The van der Waals surface area contributed by atoms with Crippen molar-refractivity contribution in [1.82, 2.24) is 5.32 Å². The highest BCUT2D eigenvalue weighted by molar-refractivity contribution is 5.77. The molecule has 0 bridgehead atoms. The number of ether oxygens (including phenoxy) is 1. The molecule has 4 heteroatoms. The second kappa shape index (κ2) is 6.35. The summed E-state index contributed by atoms with van der Waals surface area (Å²) in [7, 11) is 1.34. The molecule has 17 heavy (non-hydrogen) atoms. The Hall–Kier alpha value is -1.42. The molecule has 1 aromatic carbocycles. The first-order valence-corrected chi connectivity index (χ1v) is 5.61. The Morgan fingerprint density at radius 3 is 2.41 bits per heavy atom. The van der Waals surface area contributed by atoms with Crippen molar-refractivity contribution >= 4 is 5.97 Å². The van der Waals surface area contributed by atoms with Crippen LogP contribution in [0.1, 0.15) is 25.5 Å². The molecule has 0 fully saturated rings. The molecule has 0 radical (unpaired) electrons. The van der Waals surface area contributed by atoms with Gasteiger partial charge in [-0.3, -0.25) is 0 Å². The first-order valence-electron chi connectivity index (χ1n) is 5.61. The average molecular weight is 239 g/mol. The van der Waals surface area contributed by atoms with Crippen LogP contribution in [0.25, 0.3) is 0 Å². The summed E-state index contributed by atoms with van der Waals surface area (Å²) in [5.41, 5.74) is 0.707. The van der Waals surface area contributed by atoms with Crippen LogP contribution in [0.2, 0.25) is 0 Å². The molecule has 0 spiro atoms. The van der Waals surface area contributed by atoms with Crippen molar-refractivity contribution in [3.05, 3.63) is 35.6 Å². The Kier molecular flexibility index (Phi) is 5.10. The maximum Gasteiger partial charge on any atom is 0.327 e. The van der Waals surface area contributed by atoms with Gasteiger partial charge >= 0.3 is 5.97 Å². The predicted octanol–water partition coefficient (Wildman–Crippen LogP) is 2.29. The van der Waals surface area contributed by atoms with E-state index in [9.17, 15) is 9.18 Å². The lowest BCUT2D eigenvalue weighted by Crippen LogP contribution is -2.32. The van der Waals surface area contributed by atoms with Gasteiger partial charge in [-0.05, 0) is 30.2 Å². The summed E-state index contributed by atoms with van der Waals surface area (Å²) < 4.78 is 17.5. The van der Waals surface area contributed by atoms with Gasteiger partial charge in [-0.2, -0.15) is 0 Å². The van der Waals surface area contributed by atoms with Gasteiger partial charge < -0.3 is 10.1 Å². The summed E-state index contributed by atoms with van der Waals surface area (Å²) in [6.07, 6.45) is 0. The second-order valence-corrected chi connectivity index (χ2v) is 4.31. The van der Waals surface area contributed by atoms with Crippen LogP contribution in [0, 0.1) is 11.7 Å². The van der Waals surface area contributed by atoms with E-state index in [0.717, 1.165) is 0 Å². The van der Waals surface area contributed by atoms with Gasteiger partial charge in [0.2, 0.25) is 0 Å². The summed E-state index contributed by atoms with van der Waals surface area (Å²) in [5.74, 6) is -0.263. The predicted molar refractivity (Wildman–Crippen MR) is 64.0 cm³/mol. The van der Waals surface area contributed by atoms with Gasteiger partial charge in [-0.1, -0.05) is 26.0 Å². The lowest BCUT2D eigenvalue weighted by Gasteiger charge is -2.18. The molecule has 0 amide bonds. The number of halogens is 1. The number of methoxy groups -OCH3 is 1. The van der Waals surface area contributed by atoms with Crippen molar-refractivity contribution in [1.29, 1.82) is 0 Å². The van der Waals surface area contributed by atoms with E-state index in [2.05, 4.69) is 5.32 Å². The molecule has 0 aliphatic carbocycles. The second-order valence-electron chi connectivity index (χ2n) is 4.31. The van der Waals surface area contributed by atoms with Crippen molar-refractivity contribution in [2.24, 2.45) is 5.92 Å². The van der Waals surface area contributed by atoms with Crippen molar-refractivity contribution in [2.75, 3.05) is 13.7 Å². The number of esters is 1. The van der Waals surface area contributed by atoms with Crippen LogP contribution < -0.4 is 5.32 Å². The van der Waals surface area contributed by atoms with E-state index in [1.807, 2.05) is 13.8 Å². The number of hydrogen-bond acceptors (Lipinski definition) is 3. The van der Waals surface area contributed by atoms with Crippen molar-refractivity contribution in [3.8, 4) is 0 Å². The molecule has 1 atom stereocenters. The number of carbonyl (C=O) groups excluding carboxylic acids is 1. The lowest BCUT2D eigenvalue weighted by molar-refractivity contribution is -0.143. The first kappa shape index (κ1) is 13.6. The molecule has 0 aromatic heterocycles. The molecule has 0 heterocycles. The molecule has 0 aliphatic rings. The van der Waals surface area contributed by atoms with E-state index in [1.165, 1.54) is 19.2 Å². The zero-order valence-corrected chi connectivity index (χ0v) is 10.4. The smallest absolute Gasteiger partial charge is 0.327 e. The number of hydrogen-bond donors (Lipinski definition) is 1. The quantitative estimate of drug-likeness (QED) is 0.801. The third-order valence-corrected chi connectivity index (χ3v) is 2.37. The largest absolute Gasteiger partial charge is 0.468 e. The van der Waals surface area contributed by atoms with Gasteiger partial charge in [0.15, 0.2) is 0 Å². The molecule has 0 saturated carbocycles. The summed E-state index contributed by atoms with van der Waals surface area (Å²) in [6, 6.07) is 5.31. The Labute approximate surface area is 101 Å². The Bertz CT molecular complexity index is 362. The first-order chi connectivity index (χ1) is 8.04. The molecule has 1 rings (SSSR count). The topological polar surface area (TPSA) is 38.3 Å². The van der Waals surface area contributed by atoms with Crippen LogP contribution >= 0.6 is 0 Å². The van der Waals surface area contributed by atoms with Gasteiger partial charge in [0.05, 0.1) is 7.11 Å². The van der Waals surface area contributed by atoms with Gasteiger partial charge in [-0.25, -0.2) is 9.18 Å². The van der Waals surface area contributed by atoms with E-state index in [-0.39, 0.29) is 11.8 Å². The summed E-state index contributed by atoms with van der Waals surface area (Å²) in [5, 5.41) is 3.11. The van der Waals surface area contributed by atoms with E-state index < -0.39 is 6.04 Å². The Balaban J connectivity index is 2.82. The van der Waals surface area contributed by atoms with Crippen molar-refractivity contribution in [2.45, 2.75) is 19.9 Å². The Morgan fingerprint density at radius 2 is 1.94 bits per heavy atom. The maximum atomic E-state index is 12.8. The third kappa shape index (κ3) is 4.15. The monoisotopic (exact) mass is 239 g/mol. The van der Waals surface area contributed by atoms with Crippen LogP contribution in [0.15, 0.2) is 24.3 Å². The molecule has 1 N–H and O–H groups in total. The van der Waals surface area contributed by atoms with Crippen molar-refractivity contribution < 1.29 is 13.9 Å². The van der Waals surface area contributed by atoms with Gasteiger partial charge in [0.25, 0.3) is 0 Å². The highest BCUT2D eigenvalue weighted by Gasteiger charge is 2.20. The SMILES string of the molecule is COC(=O)C(NCC(C)C)c1ccc(F)cc1. The van der Waals surface area contributed by atoms with Crippen LogP contribution in [0.4, 0.5) is 4.39 Å². The number of rotatable bonds is 5. The summed E-state index contributed by atoms with van der Waals surface area (Å²) in [6.45, 7) is 4.79. The average Bonchev–Trinajstić information content (AvgIpc) is 2.30. The zero-order valence-electron chi connectivity index (χ0n) is 10.4. The minimum Gasteiger partial charge on any atom is -0.468 e. The summed E-state index contributed by atoms with van der Waals surface area (Å²) in [4.78, 5) is 11.6. The number of carbonyl (C=O) groups is 1. The van der Waals surface area contributed by atoms with Crippen molar-refractivity contribution in [3.63, 3.8) is 0 Å². The van der Waals surface area contributed by atoms with Crippen LogP contribution in [0.5, 0.6) is 0 Å². The lowest BCUT2D eigenvalue weighted by atomic mass is 10.1. The van der Waals surface area contributed by atoms with E-state index >= 15 is 0 Å². The van der Waals surface area contributed by atoms with Crippen LogP contribution in [-0.4, -0.2) is 19.6 Å². The van der Waals surface area contributed by atoms with Gasteiger partial charge in [0.1, 0.15) is 11.9 Å². The van der Waals surface area contributed by atoms with Gasteiger partial charge in [-0.15, -0.1) is 0 Å². The Morgan fingerprint density at radius 1 is 1.35 bits per heavy atom. The molecule has 0 aliphatic heterocycles. The number of benzene rings is 1. The fraction of sp³-hybridized carbons (Fsp3) is 0.462. The van der Waals surface area contributed by atoms with E-state index in [4.69, 9.17) is 4.74 Å². The molecule has 1 unspecified atom stereocenters. The molecule has 94 valence electrons. The normalized spacial score (nSPS) is 12.5. The van der Waals surface area contributed by atoms with Crippen LogP contribution in [-0.2, 0) is 9.53 Å². The minimum atomic E-state index is -0.539. The summed E-state index contributed by atoms with van der Waals surface area (Å²) >= 11 is 0. The van der Waals surface area contributed by atoms with Crippen LogP contribution in [0.3, 0.4) is 0 Å². The standard InChI is InChI=1S/C13H18FNO2/c1-9(2)8-15-12(13(16)17-3)10-4-6-11(14)7-5-10/h4-7,9,12,15H,8H2,1-3H3. The highest BCUT2D eigenvalue weighted by atomic mass is 19.1. The minimum absolute atomic E-state index is 0.318. The molecule has 0 saturated heterocycles.